The van der Waals surface area contributed by atoms with Crippen molar-refractivity contribution in [1.29, 1.82) is 0 Å². The number of halogens is 3. The molecule has 0 radical (unpaired) electrons. The number of rotatable bonds is 7. The van der Waals surface area contributed by atoms with E-state index in [-0.39, 0.29) is 18.0 Å². The molecule has 0 aliphatic rings. The van der Waals surface area contributed by atoms with E-state index in [0.29, 0.717) is 5.56 Å². The number of alkyl halides is 3. The Kier molecular flexibility index (Phi) is 6.21. The molecule has 2 N–H and O–H groups in total. The van der Waals surface area contributed by atoms with Gasteiger partial charge in [0.15, 0.2) is 6.61 Å². The number of hydrogen-bond donors (Lipinski definition) is 2. The van der Waals surface area contributed by atoms with E-state index >= 15 is 0 Å². The van der Waals surface area contributed by atoms with Gasteiger partial charge in [-0.1, -0.05) is 0 Å². The lowest BCUT2D eigenvalue weighted by Crippen LogP contribution is -2.44. The smallest absolute Gasteiger partial charge is 0.422 e. The summed E-state index contributed by atoms with van der Waals surface area (Å²) in [5, 5.41) is 5.06. The summed E-state index contributed by atoms with van der Waals surface area (Å²) in [5.41, 5.74) is 0.782. The zero-order valence-electron chi connectivity index (χ0n) is 13.7. The number of aromatic nitrogens is 1. The van der Waals surface area contributed by atoms with Crippen molar-refractivity contribution in [2.75, 3.05) is 6.61 Å². The largest absolute Gasteiger partial charge is 0.472 e. The lowest BCUT2D eigenvalue weighted by atomic mass is 10.2. The molecule has 0 saturated heterocycles. The number of amides is 2. The number of pyridine rings is 1. The Balaban J connectivity index is 1.83. The van der Waals surface area contributed by atoms with Crippen LogP contribution in [-0.4, -0.2) is 35.6 Å². The third-order valence-electron chi connectivity index (χ3n) is 3.17. The van der Waals surface area contributed by atoms with Gasteiger partial charge in [0.05, 0.1) is 11.8 Å². The van der Waals surface area contributed by atoms with Gasteiger partial charge in [0.25, 0.3) is 5.91 Å². The van der Waals surface area contributed by atoms with E-state index in [1.165, 1.54) is 43.8 Å². The van der Waals surface area contributed by atoms with Crippen molar-refractivity contribution < 1.29 is 31.9 Å². The Morgan fingerprint density at radius 3 is 2.77 bits per heavy atom. The van der Waals surface area contributed by atoms with Crippen LogP contribution in [0.1, 0.15) is 22.8 Å². The van der Waals surface area contributed by atoms with Crippen molar-refractivity contribution >= 4 is 11.8 Å². The molecule has 2 aromatic rings. The molecule has 26 heavy (non-hydrogen) atoms. The van der Waals surface area contributed by atoms with Gasteiger partial charge in [0.1, 0.15) is 12.3 Å². The molecule has 140 valence electrons. The molecule has 0 saturated carbocycles. The second-order valence-corrected chi connectivity index (χ2v) is 5.33. The van der Waals surface area contributed by atoms with Crippen LogP contribution < -0.4 is 15.4 Å². The molecule has 10 heteroatoms. The van der Waals surface area contributed by atoms with E-state index in [0.717, 1.165) is 0 Å². The topological polar surface area (TPSA) is 93.5 Å². The van der Waals surface area contributed by atoms with Gasteiger partial charge >= 0.3 is 6.18 Å². The summed E-state index contributed by atoms with van der Waals surface area (Å²) >= 11 is 0. The molecule has 2 heterocycles. The SMILES string of the molecule is CC(NC(=O)c1ccoc1)C(=O)NCc1ccnc(OCC(F)(F)F)c1. The summed E-state index contributed by atoms with van der Waals surface area (Å²) in [6.07, 6.45) is -0.604. The van der Waals surface area contributed by atoms with E-state index in [1.54, 1.807) is 0 Å². The molecule has 0 spiro atoms. The van der Waals surface area contributed by atoms with Crippen LogP contribution in [0.3, 0.4) is 0 Å². The summed E-state index contributed by atoms with van der Waals surface area (Å²) in [6.45, 7) is 0.0836. The highest BCUT2D eigenvalue weighted by Gasteiger charge is 2.28. The highest BCUT2D eigenvalue weighted by atomic mass is 19.4. The molecule has 1 atom stereocenters. The maximum atomic E-state index is 12.1. The van der Waals surface area contributed by atoms with Crippen molar-refractivity contribution in [3.05, 3.63) is 48.0 Å². The van der Waals surface area contributed by atoms with Gasteiger partial charge in [-0.2, -0.15) is 13.2 Å². The molecule has 1 unspecified atom stereocenters. The molecule has 0 fully saturated rings. The normalized spacial score (nSPS) is 12.3. The van der Waals surface area contributed by atoms with Crippen molar-refractivity contribution in [3.8, 4) is 5.88 Å². The zero-order chi connectivity index (χ0) is 19.2. The standard InChI is InChI=1S/C16H16F3N3O4/c1-10(22-15(24)12-3-5-25-8-12)14(23)21-7-11-2-4-20-13(6-11)26-9-16(17,18)19/h2-6,8,10H,7,9H2,1H3,(H,21,23)(H,22,24). The van der Waals surface area contributed by atoms with Crippen LogP contribution >= 0.6 is 0 Å². The number of hydrogen-bond acceptors (Lipinski definition) is 5. The van der Waals surface area contributed by atoms with Gasteiger partial charge in [-0.25, -0.2) is 4.98 Å². The molecule has 7 nitrogen and oxygen atoms in total. The fourth-order valence-corrected chi connectivity index (χ4v) is 1.88. The Morgan fingerprint density at radius 1 is 1.35 bits per heavy atom. The minimum Gasteiger partial charge on any atom is -0.472 e. The number of carbonyl (C=O) groups excluding carboxylic acids is 2. The summed E-state index contributed by atoms with van der Waals surface area (Å²) in [5.74, 6) is -1.13. The van der Waals surface area contributed by atoms with Crippen LogP contribution in [0.15, 0.2) is 41.3 Å². The fourth-order valence-electron chi connectivity index (χ4n) is 1.88. The van der Waals surface area contributed by atoms with E-state index in [1.807, 2.05) is 0 Å². The monoisotopic (exact) mass is 371 g/mol. The fraction of sp³-hybridized carbons (Fsp3) is 0.312. The van der Waals surface area contributed by atoms with Crippen LogP contribution in [0.5, 0.6) is 5.88 Å². The number of ether oxygens (including phenoxy) is 1. The van der Waals surface area contributed by atoms with Crippen LogP contribution in [0.4, 0.5) is 13.2 Å². The third-order valence-corrected chi connectivity index (χ3v) is 3.17. The quantitative estimate of drug-likeness (QED) is 0.777. The Morgan fingerprint density at radius 2 is 2.12 bits per heavy atom. The Hall–Kier alpha value is -3.04. The van der Waals surface area contributed by atoms with Gasteiger partial charge in [-0.3, -0.25) is 9.59 Å². The van der Waals surface area contributed by atoms with E-state index < -0.39 is 30.6 Å². The highest BCUT2D eigenvalue weighted by Crippen LogP contribution is 2.17. The first-order valence-corrected chi connectivity index (χ1v) is 7.50. The lowest BCUT2D eigenvalue weighted by Gasteiger charge is -2.14. The summed E-state index contributed by atoms with van der Waals surface area (Å²) in [4.78, 5) is 27.5. The average Bonchev–Trinajstić information content (AvgIpc) is 3.12. The van der Waals surface area contributed by atoms with E-state index in [2.05, 4.69) is 20.4 Å². The van der Waals surface area contributed by atoms with Gasteiger partial charge in [0, 0.05) is 18.8 Å². The molecule has 0 aliphatic carbocycles. The molecule has 2 amide bonds. The number of nitrogens with one attached hydrogen (secondary N) is 2. The molecule has 0 aromatic carbocycles. The highest BCUT2D eigenvalue weighted by molar-refractivity contribution is 5.97. The zero-order valence-corrected chi connectivity index (χ0v) is 13.7. The second kappa shape index (κ2) is 8.37. The summed E-state index contributed by atoms with van der Waals surface area (Å²) in [6, 6.07) is 3.45. The van der Waals surface area contributed by atoms with Gasteiger partial charge in [-0.05, 0) is 24.6 Å². The van der Waals surface area contributed by atoms with Crippen molar-refractivity contribution in [1.82, 2.24) is 15.6 Å². The summed E-state index contributed by atoms with van der Waals surface area (Å²) < 4.78 is 45.8. The molecule has 0 aliphatic heterocycles. The lowest BCUT2D eigenvalue weighted by molar-refractivity contribution is -0.154. The van der Waals surface area contributed by atoms with Crippen LogP contribution in [-0.2, 0) is 11.3 Å². The molecule has 2 aromatic heterocycles. The van der Waals surface area contributed by atoms with Crippen LogP contribution in [0.2, 0.25) is 0 Å². The average molecular weight is 371 g/mol. The second-order valence-electron chi connectivity index (χ2n) is 5.33. The molecule has 0 bridgehead atoms. The minimum absolute atomic E-state index is 0.0374. The Bertz CT molecular complexity index is 747. The van der Waals surface area contributed by atoms with Crippen molar-refractivity contribution in [3.63, 3.8) is 0 Å². The van der Waals surface area contributed by atoms with E-state index in [9.17, 15) is 22.8 Å². The van der Waals surface area contributed by atoms with Crippen molar-refractivity contribution in [2.45, 2.75) is 25.7 Å². The molecular weight excluding hydrogens is 355 g/mol. The Labute approximate surface area is 146 Å². The maximum absolute atomic E-state index is 12.1. The minimum atomic E-state index is -4.46. The number of furan rings is 1. The predicted molar refractivity (Wildman–Crippen MR) is 83.3 cm³/mol. The van der Waals surface area contributed by atoms with Crippen LogP contribution in [0.25, 0.3) is 0 Å². The van der Waals surface area contributed by atoms with Crippen molar-refractivity contribution in [2.24, 2.45) is 0 Å². The van der Waals surface area contributed by atoms with E-state index in [4.69, 9.17) is 4.42 Å². The maximum Gasteiger partial charge on any atom is 0.422 e. The van der Waals surface area contributed by atoms with Crippen LogP contribution in [0, 0.1) is 0 Å². The number of nitrogens with zero attached hydrogens (tertiary/aromatic N) is 1. The number of carbonyl (C=O) groups is 2. The predicted octanol–water partition coefficient (Wildman–Crippen LogP) is 2.05. The van der Waals surface area contributed by atoms with Gasteiger partial charge < -0.3 is 19.8 Å². The molecule has 2 rings (SSSR count). The first-order chi connectivity index (χ1) is 12.2. The first kappa shape index (κ1) is 19.3. The first-order valence-electron chi connectivity index (χ1n) is 7.50. The van der Waals surface area contributed by atoms with Gasteiger partial charge in [0.2, 0.25) is 11.8 Å². The summed E-state index contributed by atoms with van der Waals surface area (Å²) in [7, 11) is 0. The third kappa shape index (κ3) is 6.11. The van der Waals surface area contributed by atoms with Gasteiger partial charge in [-0.15, -0.1) is 0 Å². The molecular formula is C16H16F3N3O4.